The second-order valence-electron chi connectivity index (χ2n) is 3.70. The minimum atomic E-state index is -1.18. The molecule has 2 aromatic rings. The van der Waals surface area contributed by atoms with Crippen LogP contribution in [0.4, 0.5) is 11.6 Å². The molecule has 0 aliphatic rings. The summed E-state index contributed by atoms with van der Waals surface area (Å²) < 4.78 is 1.32. The summed E-state index contributed by atoms with van der Waals surface area (Å²) in [6.45, 7) is 1.95. The largest absolute Gasteiger partial charge is 0.477 e. The highest BCUT2D eigenvalue weighted by molar-refractivity contribution is 5.98. The molecule has 0 fully saturated rings. The number of benzene rings is 1. The SMILES string of the molecule is Cc1ccc(-n2nc(N)c(C(=O)O)c2N)cc1. The van der Waals surface area contributed by atoms with Gasteiger partial charge in [-0.15, -0.1) is 5.10 Å². The molecule has 0 saturated heterocycles. The van der Waals surface area contributed by atoms with Crippen LogP contribution in [0.15, 0.2) is 24.3 Å². The molecule has 1 aromatic carbocycles. The van der Waals surface area contributed by atoms with Crippen LogP contribution in [-0.2, 0) is 0 Å². The zero-order valence-electron chi connectivity index (χ0n) is 9.21. The molecular weight excluding hydrogens is 220 g/mol. The van der Waals surface area contributed by atoms with E-state index in [-0.39, 0.29) is 17.2 Å². The van der Waals surface area contributed by atoms with Crippen LogP contribution in [0.25, 0.3) is 5.69 Å². The highest BCUT2D eigenvalue weighted by atomic mass is 16.4. The maximum atomic E-state index is 10.9. The summed E-state index contributed by atoms with van der Waals surface area (Å²) in [6, 6.07) is 7.35. The van der Waals surface area contributed by atoms with Gasteiger partial charge in [0.1, 0.15) is 11.4 Å². The second-order valence-corrected chi connectivity index (χ2v) is 3.70. The lowest BCUT2D eigenvalue weighted by Crippen LogP contribution is -2.06. The Balaban J connectivity index is 2.57. The third kappa shape index (κ3) is 1.80. The Morgan fingerprint density at radius 2 is 1.88 bits per heavy atom. The summed E-state index contributed by atoms with van der Waals surface area (Å²) >= 11 is 0. The van der Waals surface area contributed by atoms with Crippen molar-refractivity contribution in [3.63, 3.8) is 0 Å². The molecule has 0 bridgehead atoms. The van der Waals surface area contributed by atoms with Crippen LogP contribution in [0.1, 0.15) is 15.9 Å². The number of carboxylic acid groups (broad SMARTS) is 1. The van der Waals surface area contributed by atoms with E-state index in [0.717, 1.165) is 5.56 Å². The Bertz CT molecular complexity index is 572. The van der Waals surface area contributed by atoms with Crippen LogP contribution < -0.4 is 11.5 Å². The maximum absolute atomic E-state index is 10.9. The molecular formula is C11H12N4O2. The topological polar surface area (TPSA) is 107 Å². The first-order chi connectivity index (χ1) is 8.00. The predicted molar refractivity (Wildman–Crippen MR) is 64.1 cm³/mol. The van der Waals surface area contributed by atoms with E-state index >= 15 is 0 Å². The summed E-state index contributed by atoms with van der Waals surface area (Å²) in [6.07, 6.45) is 0. The highest BCUT2D eigenvalue weighted by Gasteiger charge is 2.20. The van der Waals surface area contributed by atoms with Crippen LogP contribution in [0.2, 0.25) is 0 Å². The van der Waals surface area contributed by atoms with Gasteiger partial charge in [0.25, 0.3) is 0 Å². The van der Waals surface area contributed by atoms with Crippen LogP contribution in [0.5, 0.6) is 0 Å². The third-order valence-corrected chi connectivity index (χ3v) is 2.44. The molecule has 0 spiro atoms. The second kappa shape index (κ2) is 3.82. The molecule has 17 heavy (non-hydrogen) atoms. The van der Waals surface area contributed by atoms with Crippen molar-refractivity contribution in [2.24, 2.45) is 0 Å². The molecule has 0 atom stereocenters. The van der Waals surface area contributed by atoms with E-state index in [9.17, 15) is 4.79 Å². The summed E-state index contributed by atoms with van der Waals surface area (Å²) in [5, 5.41) is 12.9. The molecule has 1 aromatic heterocycles. The Hall–Kier alpha value is -2.50. The zero-order valence-corrected chi connectivity index (χ0v) is 9.21. The number of anilines is 2. The Kier molecular flexibility index (Phi) is 2.47. The van der Waals surface area contributed by atoms with E-state index in [2.05, 4.69) is 5.10 Å². The third-order valence-electron chi connectivity index (χ3n) is 2.44. The van der Waals surface area contributed by atoms with Crippen LogP contribution in [0, 0.1) is 6.92 Å². The minimum Gasteiger partial charge on any atom is -0.477 e. The molecule has 0 amide bonds. The summed E-state index contributed by atoms with van der Waals surface area (Å²) in [5.74, 6) is -1.24. The van der Waals surface area contributed by atoms with Gasteiger partial charge in [-0.05, 0) is 19.1 Å². The molecule has 1 heterocycles. The number of nitrogens with zero attached hydrogens (tertiary/aromatic N) is 2. The minimum absolute atomic E-state index is 0.0267. The number of aromatic nitrogens is 2. The molecule has 0 unspecified atom stereocenters. The molecule has 88 valence electrons. The monoisotopic (exact) mass is 232 g/mol. The fourth-order valence-electron chi connectivity index (χ4n) is 1.55. The highest BCUT2D eigenvalue weighted by Crippen LogP contribution is 2.22. The normalized spacial score (nSPS) is 10.4. The predicted octanol–water partition coefficient (Wildman–Crippen LogP) is 1.04. The van der Waals surface area contributed by atoms with Gasteiger partial charge in [0.05, 0.1) is 5.69 Å². The molecule has 0 radical (unpaired) electrons. The molecule has 6 heteroatoms. The molecule has 0 aliphatic heterocycles. The van der Waals surface area contributed by atoms with Crippen LogP contribution in [-0.4, -0.2) is 20.9 Å². The number of aryl methyl sites for hydroxylation is 1. The van der Waals surface area contributed by atoms with Crippen molar-refractivity contribution < 1.29 is 9.90 Å². The number of nitrogen functional groups attached to an aromatic ring is 2. The van der Waals surface area contributed by atoms with Crippen molar-refractivity contribution in [1.29, 1.82) is 0 Å². The van der Waals surface area contributed by atoms with Crippen LogP contribution >= 0.6 is 0 Å². The molecule has 0 saturated carbocycles. The number of nitrogens with two attached hydrogens (primary N) is 2. The number of aromatic carboxylic acids is 1. The summed E-state index contributed by atoms with van der Waals surface area (Å²) in [5.41, 5.74) is 12.8. The van der Waals surface area contributed by atoms with E-state index < -0.39 is 5.97 Å². The molecule has 2 rings (SSSR count). The van der Waals surface area contributed by atoms with Crippen LogP contribution in [0.3, 0.4) is 0 Å². The average Bonchev–Trinajstić information content (AvgIpc) is 2.55. The van der Waals surface area contributed by atoms with E-state index in [1.54, 1.807) is 12.1 Å². The van der Waals surface area contributed by atoms with Gasteiger partial charge in [-0.1, -0.05) is 17.7 Å². The van der Waals surface area contributed by atoms with Gasteiger partial charge in [-0.3, -0.25) is 0 Å². The van der Waals surface area contributed by atoms with Gasteiger partial charge in [-0.2, -0.15) is 0 Å². The van der Waals surface area contributed by atoms with Crippen molar-refractivity contribution in [2.75, 3.05) is 11.5 Å². The van der Waals surface area contributed by atoms with E-state index in [1.807, 2.05) is 19.1 Å². The van der Waals surface area contributed by atoms with E-state index in [1.165, 1.54) is 4.68 Å². The van der Waals surface area contributed by atoms with Crippen molar-refractivity contribution in [3.05, 3.63) is 35.4 Å². The lowest BCUT2D eigenvalue weighted by Gasteiger charge is -2.04. The van der Waals surface area contributed by atoms with Crippen molar-refractivity contribution in [3.8, 4) is 5.69 Å². The zero-order chi connectivity index (χ0) is 12.6. The number of rotatable bonds is 2. The van der Waals surface area contributed by atoms with Gasteiger partial charge in [0.2, 0.25) is 0 Å². The Morgan fingerprint density at radius 3 is 2.35 bits per heavy atom. The van der Waals surface area contributed by atoms with E-state index in [0.29, 0.717) is 5.69 Å². The number of hydrogen-bond donors (Lipinski definition) is 3. The summed E-state index contributed by atoms with van der Waals surface area (Å²) in [7, 11) is 0. The summed E-state index contributed by atoms with van der Waals surface area (Å²) in [4.78, 5) is 10.9. The number of carboxylic acids is 1. The number of carbonyl (C=O) groups is 1. The Morgan fingerprint density at radius 1 is 1.29 bits per heavy atom. The lowest BCUT2D eigenvalue weighted by atomic mass is 10.2. The van der Waals surface area contributed by atoms with Crippen molar-refractivity contribution in [2.45, 2.75) is 6.92 Å². The average molecular weight is 232 g/mol. The van der Waals surface area contributed by atoms with Crippen molar-refractivity contribution >= 4 is 17.6 Å². The first-order valence-electron chi connectivity index (χ1n) is 4.95. The quantitative estimate of drug-likeness (QED) is 0.717. The van der Waals surface area contributed by atoms with Gasteiger partial charge in [0.15, 0.2) is 5.82 Å². The van der Waals surface area contributed by atoms with E-state index in [4.69, 9.17) is 16.6 Å². The van der Waals surface area contributed by atoms with Gasteiger partial charge < -0.3 is 16.6 Å². The lowest BCUT2D eigenvalue weighted by molar-refractivity contribution is 0.0699. The fourth-order valence-corrected chi connectivity index (χ4v) is 1.55. The van der Waals surface area contributed by atoms with Gasteiger partial charge in [0, 0.05) is 0 Å². The van der Waals surface area contributed by atoms with Gasteiger partial charge in [-0.25, -0.2) is 9.48 Å². The number of hydrogen-bond acceptors (Lipinski definition) is 4. The first-order valence-corrected chi connectivity index (χ1v) is 4.95. The molecule has 6 nitrogen and oxygen atoms in total. The fraction of sp³-hybridized carbons (Fsp3) is 0.0909. The maximum Gasteiger partial charge on any atom is 0.343 e. The first kappa shape index (κ1) is 11.0. The molecule has 5 N–H and O–H groups in total. The molecule has 0 aliphatic carbocycles. The standard InChI is InChI=1S/C11H12N4O2/c1-6-2-4-7(5-3-6)15-10(13)8(11(16)17)9(12)14-15/h2-5H,13H2,1H3,(H2,12,14)(H,16,17). The smallest absolute Gasteiger partial charge is 0.343 e. The Labute approximate surface area is 97.5 Å². The van der Waals surface area contributed by atoms with Gasteiger partial charge >= 0.3 is 5.97 Å². The van der Waals surface area contributed by atoms with Crippen molar-refractivity contribution in [1.82, 2.24) is 9.78 Å².